The zero-order chi connectivity index (χ0) is 13.6. The summed E-state index contributed by atoms with van der Waals surface area (Å²) in [5.74, 6) is -0.262. The Morgan fingerprint density at radius 3 is 2.44 bits per heavy atom. The highest BCUT2D eigenvalue weighted by Crippen LogP contribution is 2.10. The van der Waals surface area contributed by atoms with E-state index in [9.17, 15) is 13.2 Å². The molecule has 0 unspecified atom stereocenters. The standard InChI is InChI=1S/C12H16N2O3S/c1-3-9-13-12(15)10-5-7-11(8-6-10)18(16,17)14-4-2/h3,5-8,14H,1,4,9H2,2H3,(H,13,15). The van der Waals surface area contributed by atoms with Crippen LogP contribution in [0.5, 0.6) is 0 Å². The van der Waals surface area contributed by atoms with Gasteiger partial charge < -0.3 is 5.32 Å². The molecule has 5 nitrogen and oxygen atoms in total. The van der Waals surface area contributed by atoms with Crippen molar-refractivity contribution in [1.29, 1.82) is 0 Å². The number of amides is 1. The lowest BCUT2D eigenvalue weighted by molar-refractivity contribution is 0.0958. The number of carbonyl (C=O) groups is 1. The normalized spacial score (nSPS) is 10.9. The van der Waals surface area contributed by atoms with Crippen molar-refractivity contribution >= 4 is 15.9 Å². The van der Waals surface area contributed by atoms with Crippen molar-refractivity contribution in [3.63, 3.8) is 0 Å². The molecule has 0 aliphatic carbocycles. The van der Waals surface area contributed by atoms with E-state index < -0.39 is 10.0 Å². The smallest absolute Gasteiger partial charge is 0.251 e. The summed E-state index contributed by atoms with van der Waals surface area (Å²) in [4.78, 5) is 11.7. The zero-order valence-corrected chi connectivity index (χ0v) is 11.0. The summed E-state index contributed by atoms with van der Waals surface area (Å²) in [7, 11) is -3.47. The van der Waals surface area contributed by atoms with Gasteiger partial charge in [0.05, 0.1) is 4.90 Å². The minimum Gasteiger partial charge on any atom is -0.349 e. The van der Waals surface area contributed by atoms with E-state index in [2.05, 4.69) is 16.6 Å². The van der Waals surface area contributed by atoms with Crippen LogP contribution in [0.3, 0.4) is 0 Å². The third kappa shape index (κ3) is 3.68. The average Bonchev–Trinajstić information content (AvgIpc) is 2.36. The van der Waals surface area contributed by atoms with Gasteiger partial charge in [0.25, 0.3) is 5.91 Å². The van der Waals surface area contributed by atoms with E-state index in [-0.39, 0.29) is 10.8 Å². The SMILES string of the molecule is C=CCNC(=O)c1ccc(S(=O)(=O)NCC)cc1. The molecule has 98 valence electrons. The lowest BCUT2D eigenvalue weighted by Crippen LogP contribution is -2.24. The van der Waals surface area contributed by atoms with Crippen LogP contribution in [0.25, 0.3) is 0 Å². The van der Waals surface area contributed by atoms with E-state index in [1.807, 2.05) is 0 Å². The van der Waals surface area contributed by atoms with Crippen LogP contribution >= 0.6 is 0 Å². The number of hydrogen-bond acceptors (Lipinski definition) is 3. The van der Waals surface area contributed by atoms with Gasteiger partial charge in [-0.25, -0.2) is 13.1 Å². The fourth-order valence-electron chi connectivity index (χ4n) is 1.33. The van der Waals surface area contributed by atoms with E-state index in [1.54, 1.807) is 13.0 Å². The van der Waals surface area contributed by atoms with Crippen molar-refractivity contribution < 1.29 is 13.2 Å². The predicted octanol–water partition coefficient (Wildman–Crippen LogP) is 0.901. The van der Waals surface area contributed by atoms with Gasteiger partial charge >= 0.3 is 0 Å². The third-order valence-corrected chi connectivity index (χ3v) is 3.73. The molecule has 0 saturated heterocycles. The van der Waals surface area contributed by atoms with Crippen LogP contribution in [0.15, 0.2) is 41.8 Å². The number of carbonyl (C=O) groups excluding carboxylic acids is 1. The highest BCUT2D eigenvalue weighted by molar-refractivity contribution is 7.89. The first kappa shape index (κ1) is 14.4. The van der Waals surface area contributed by atoms with Crippen molar-refractivity contribution in [2.45, 2.75) is 11.8 Å². The molecule has 1 aromatic rings. The van der Waals surface area contributed by atoms with Crippen LogP contribution in [0.1, 0.15) is 17.3 Å². The predicted molar refractivity (Wildman–Crippen MR) is 69.8 cm³/mol. The van der Waals surface area contributed by atoms with Crippen LogP contribution in [0.2, 0.25) is 0 Å². The number of hydrogen-bond donors (Lipinski definition) is 2. The second-order valence-corrected chi connectivity index (χ2v) is 5.29. The van der Waals surface area contributed by atoms with E-state index in [0.717, 1.165) is 0 Å². The van der Waals surface area contributed by atoms with E-state index in [0.29, 0.717) is 18.7 Å². The molecule has 0 atom stereocenters. The van der Waals surface area contributed by atoms with Gasteiger partial charge in [0.1, 0.15) is 0 Å². The van der Waals surface area contributed by atoms with Gasteiger partial charge in [-0.2, -0.15) is 0 Å². The van der Waals surface area contributed by atoms with Gasteiger partial charge in [-0.05, 0) is 24.3 Å². The summed E-state index contributed by atoms with van der Waals surface area (Å²) >= 11 is 0. The molecule has 18 heavy (non-hydrogen) atoms. The molecule has 0 aromatic heterocycles. The van der Waals surface area contributed by atoms with Crippen LogP contribution < -0.4 is 10.0 Å². The molecule has 0 aliphatic rings. The first-order valence-electron chi connectivity index (χ1n) is 5.50. The molecule has 0 bridgehead atoms. The Hall–Kier alpha value is -1.66. The molecule has 1 amide bonds. The summed E-state index contributed by atoms with van der Waals surface area (Å²) < 4.78 is 25.7. The van der Waals surface area contributed by atoms with E-state index in [4.69, 9.17) is 0 Å². The maximum Gasteiger partial charge on any atom is 0.251 e. The third-order valence-electron chi connectivity index (χ3n) is 2.17. The molecule has 2 N–H and O–H groups in total. The van der Waals surface area contributed by atoms with Crippen molar-refractivity contribution in [3.8, 4) is 0 Å². The van der Waals surface area contributed by atoms with Gasteiger partial charge in [0.15, 0.2) is 0 Å². The quantitative estimate of drug-likeness (QED) is 0.753. The minimum atomic E-state index is -3.47. The molecule has 0 fully saturated rings. The fraction of sp³-hybridized carbons (Fsp3) is 0.250. The molecule has 6 heteroatoms. The van der Waals surface area contributed by atoms with Crippen molar-refractivity contribution in [3.05, 3.63) is 42.5 Å². The second kappa shape index (κ2) is 6.32. The lowest BCUT2D eigenvalue weighted by Gasteiger charge is -2.06. The summed E-state index contributed by atoms with van der Waals surface area (Å²) in [6, 6.07) is 5.76. The van der Waals surface area contributed by atoms with Gasteiger partial charge in [0, 0.05) is 18.7 Å². The number of nitrogens with one attached hydrogen (secondary N) is 2. The summed E-state index contributed by atoms with van der Waals surface area (Å²) in [5, 5.41) is 2.61. The molecule has 0 spiro atoms. The lowest BCUT2D eigenvalue weighted by atomic mass is 10.2. The van der Waals surface area contributed by atoms with E-state index >= 15 is 0 Å². The van der Waals surface area contributed by atoms with E-state index in [1.165, 1.54) is 24.3 Å². The van der Waals surface area contributed by atoms with Crippen LogP contribution in [0.4, 0.5) is 0 Å². The monoisotopic (exact) mass is 268 g/mol. The molecular formula is C12H16N2O3S. The molecule has 0 aliphatic heterocycles. The highest BCUT2D eigenvalue weighted by Gasteiger charge is 2.13. The Bertz CT molecular complexity index is 521. The average molecular weight is 268 g/mol. The van der Waals surface area contributed by atoms with Crippen molar-refractivity contribution in [1.82, 2.24) is 10.0 Å². The fourth-order valence-corrected chi connectivity index (χ4v) is 2.37. The van der Waals surface area contributed by atoms with Gasteiger partial charge in [-0.15, -0.1) is 6.58 Å². The molecule has 1 rings (SSSR count). The maximum absolute atomic E-state index is 11.7. The molecule has 1 aromatic carbocycles. The summed E-state index contributed by atoms with van der Waals surface area (Å²) in [6.07, 6.45) is 1.57. The van der Waals surface area contributed by atoms with Crippen molar-refractivity contribution in [2.24, 2.45) is 0 Å². The second-order valence-electron chi connectivity index (χ2n) is 3.52. The maximum atomic E-state index is 11.7. The minimum absolute atomic E-state index is 0.143. The molecule has 0 heterocycles. The first-order chi connectivity index (χ1) is 8.51. The topological polar surface area (TPSA) is 75.3 Å². The highest BCUT2D eigenvalue weighted by atomic mass is 32.2. The number of sulfonamides is 1. The Labute approximate surface area is 107 Å². The number of rotatable bonds is 6. The Morgan fingerprint density at radius 2 is 1.94 bits per heavy atom. The molecular weight excluding hydrogens is 252 g/mol. The summed E-state index contributed by atoms with van der Waals surface area (Å²) in [5.41, 5.74) is 0.410. The molecule has 0 saturated carbocycles. The largest absolute Gasteiger partial charge is 0.349 e. The first-order valence-corrected chi connectivity index (χ1v) is 6.98. The zero-order valence-electron chi connectivity index (χ0n) is 10.1. The van der Waals surface area contributed by atoms with Gasteiger partial charge in [0.2, 0.25) is 10.0 Å². The van der Waals surface area contributed by atoms with Crippen LogP contribution in [-0.2, 0) is 10.0 Å². The Kier molecular flexibility index (Phi) is 5.06. The van der Waals surface area contributed by atoms with Gasteiger partial charge in [-0.3, -0.25) is 4.79 Å². The van der Waals surface area contributed by atoms with Crippen LogP contribution in [-0.4, -0.2) is 27.4 Å². The van der Waals surface area contributed by atoms with Gasteiger partial charge in [-0.1, -0.05) is 13.0 Å². The molecule has 0 radical (unpaired) electrons. The number of benzene rings is 1. The summed E-state index contributed by atoms with van der Waals surface area (Å²) in [6.45, 7) is 5.89. The van der Waals surface area contributed by atoms with Crippen molar-refractivity contribution in [2.75, 3.05) is 13.1 Å². The Balaban J connectivity index is 2.86. The van der Waals surface area contributed by atoms with Crippen LogP contribution in [0, 0.1) is 0 Å². The Morgan fingerprint density at radius 1 is 1.33 bits per heavy atom.